The highest BCUT2D eigenvalue weighted by Crippen LogP contribution is 2.15. The molecule has 0 saturated carbocycles. The fourth-order valence-electron chi connectivity index (χ4n) is 1.46. The van der Waals surface area contributed by atoms with Gasteiger partial charge in [-0.05, 0) is 35.2 Å². The second kappa shape index (κ2) is 4.35. The van der Waals surface area contributed by atoms with Gasteiger partial charge in [-0.1, -0.05) is 6.07 Å². The van der Waals surface area contributed by atoms with Crippen molar-refractivity contribution in [1.82, 2.24) is 9.29 Å². The van der Waals surface area contributed by atoms with Gasteiger partial charge in [0.05, 0.1) is 0 Å². The lowest BCUT2D eigenvalue weighted by molar-refractivity contribution is 0.531. The topological polar surface area (TPSA) is 53.2 Å². The Balaban J connectivity index is 2.32. The maximum absolute atomic E-state index is 11.6. The zero-order chi connectivity index (χ0) is 12.5. The van der Waals surface area contributed by atoms with E-state index in [-0.39, 0.29) is 0 Å². The number of hydrogen-bond donors (Lipinski definition) is 1. The molecule has 1 N–H and O–H groups in total. The van der Waals surface area contributed by atoms with Crippen molar-refractivity contribution in [3.63, 3.8) is 0 Å². The molecule has 0 unspecified atom stereocenters. The molecule has 0 atom stereocenters. The number of nitrogens with one attached hydrogen (secondary N) is 1. The van der Waals surface area contributed by atoms with Crippen LogP contribution in [-0.2, 0) is 10.0 Å². The minimum atomic E-state index is -3.29. The van der Waals surface area contributed by atoms with E-state index in [2.05, 4.69) is 4.98 Å². The summed E-state index contributed by atoms with van der Waals surface area (Å²) in [6, 6.07) is 7.69. The Kier molecular flexibility index (Phi) is 3.04. The summed E-state index contributed by atoms with van der Waals surface area (Å²) in [7, 11) is -0.273. The summed E-state index contributed by atoms with van der Waals surface area (Å²) in [5.41, 5.74) is 1.90. The highest BCUT2D eigenvalue weighted by Gasteiger charge is 2.07. The van der Waals surface area contributed by atoms with E-state index < -0.39 is 10.0 Å². The summed E-state index contributed by atoms with van der Waals surface area (Å²) >= 11 is 0. The molecule has 17 heavy (non-hydrogen) atoms. The summed E-state index contributed by atoms with van der Waals surface area (Å²) in [4.78, 5) is 3.09. The molecular weight excluding hydrogens is 236 g/mol. The highest BCUT2D eigenvalue weighted by atomic mass is 32.2. The summed E-state index contributed by atoms with van der Waals surface area (Å²) in [5, 5.41) is 2.27. The van der Waals surface area contributed by atoms with E-state index >= 15 is 0 Å². The van der Waals surface area contributed by atoms with Crippen molar-refractivity contribution in [3.8, 4) is 0 Å². The second-order valence-electron chi connectivity index (χ2n) is 3.95. The molecule has 2 rings (SSSR count). The molecule has 1 aromatic heterocycles. The molecule has 1 aromatic carbocycles. The van der Waals surface area contributed by atoms with Crippen LogP contribution in [0.1, 0.15) is 5.56 Å². The molecule has 0 saturated heterocycles. The smallest absolute Gasteiger partial charge is 0.235 e. The van der Waals surface area contributed by atoms with Crippen LogP contribution >= 0.6 is 0 Å². The first-order chi connectivity index (χ1) is 7.99. The Morgan fingerprint density at radius 3 is 2.71 bits per heavy atom. The average Bonchev–Trinajstić information content (AvgIpc) is 2.73. The molecule has 0 aliphatic rings. The van der Waals surface area contributed by atoms with Crippen LogP contribution in [0.3, 0.4) is 0 Å². The van der Waals surface area contributed by atoms with Crippen LogP contribution in [0.15, 0.2) is 35.9 Å². The van der Waals surface area contributed by atoms with Crippen LogP contribution in [0.5, 0.6) is 0 Å². The summed E-state index contributed by atoms with van der Waals surface area (Å²) in [6.45, 7) is 0. The molecule has 5 heteroatoms. The van der Waals surface area contributed by atoms with Crippen molar-refractivity contribution in [2.45, 2.75) is 0 Å². The number of fused-ring (bicyclic) bond motifs is 1. The lowest BCUT2D eigenvalue weighted by Crippen LogP contribution is -2.19. The van der Waals surface area contributed by atoms with Gasteiger partial charge in [-0.25, -0.2) is 12.7 Å². The predicted octanol–water partition coefficient (Wildman–Crippen LogP) is 2.03. The van der Waals surface area contributed by atoms with Crippen LogP contribution in [-0.4, -0.2) is 31.8 Å². The van der Waals surface area contributed by atoms with Gasteiger partial charge in [0.1, 0.15) is 0 Å². The van der Waals surface area contributed by atoms with Gasteiger partial charge in [0, 0.05) is 31.2 Å². The summed E-state index contributed by atoms with van der Waals surface area (Å²) in [6.07, 6.45) is 3.45. The van der Waals surface area contributed by atoms with Gasteiger partial charge in [0.15, 0.2) is 0 Å². The zero-order valence-corrected chi connectivity index (χ0v) is 10.5. The molecule has 4 nitrogen and oxygen atoms in total. The van der Waals surface area contributed by atoms with Crippen molar-refractivity contribution < 1.29 is 8.42 Å². The normalized spacial score (nSPS) is 12.9. The molecule has 0 aliphatic heterocycles. The van der Waals surface area contributed by atoms with Gasteiger partial charge >= 0.3 is 0 Å². The number of benzene rings is 1. The first kappa shape index (κ1) is 11.9. The summed E-state index contributed by atoms with van der Waals surface area (Å²) in [5.74, 6) is 0. The van der Waals surface area contributed by atoms with Crippen LogP contribution in [0.25, 0.3) is 17.0 Å². The number of H-pyrrole nitrogens is 1. The Labute approximate surface area is 101 Å². The Bertz CT molecular complexity index is 654. The molecule has 0 radical (unpaired) electrons. The van der Waals surface area contributed by atoms with E-state index in [0.29, 0.717) is 0 Å². The summed E-state index contributed by atoms with van der Waals surface area (Å²) < 4.78 is 24.3. The lowest BCUT2D eigenvalue weighted by Gasteiger charge is -2.05. The van der Waals surface area contributed by atoms with Crippen molar-refractivity contribution in [2.75, 3.05) is 14.1 Å². The Hall–Kier alpha value is -1.59. The maximum atomic E-state index is 11.6. The fraction of sp³-hybridized carbons (Fsp3) is 0.167. The second-order valence-corrected chi connectivity index (χ2v) is 5.99. The fourth-order valence-corrected chi connectivity index (χ4v) is 2.03. The van der Waals surface area contributed by atoms with Gasteiger partial charge in [0.25, 0.3) is 0 Å². The van der Waals surface area contributed by atoms with Crippen LogP contribution in [0.4, 0.5) is 0 Å². The molecule has 0 amide bonds. The van der Waals surface area contributed by atoms with Crippen molar-refractivity contribution in [1.29, 1.82) is 0 Å². The number of rotatable bonds is 3. The van der Waals surface area contributed by atoms with Crippen LogP contribution in [0.2, 0.25) is 0 Å². The Morgan fingerprint density at radius 2 is 2.00 bits per heavy atom. The molecule has 0 bridgehead atoms. The third-order valence-electron chi connectivity index (χ3n) is 2.52. The highest BCUT2D eigenvalue weighted by molar-refractivity contribution is 7.92. The first-order valence-corrected chi connectivity index (χ1v) is 6.67. The molecule has 0 spiro atoms. The molecular formula is C12H14N2O2S. The first-order valence-electron chi connectivity index (χ1n) is 5.17. The SMILES string of the molecule is CN(C)S(=O)(=O)C=Cc1ccc2[nH]ccc2c1. The molecule has 90 valence electrons. The molecule has 0 fully saturated rings. The lowest BCUT2D eigenvalue weighted by atomic mass is 10.1. The monoisotopic (exact) mass is 250 g/mol. The van der Waals surface area contributed by atoms with E-state index in [4.69, 9.17) is 0 Å². The van der Waals surface area contributed by atoms with E-state index in [0.717, 1.165) is 16.5 Å². The predicted molar refractivity (Wildman–Crippen MR) is 69.9 cm³/mol. The number of aromatic amines is 1. The van der Waals surface area contributed by atoms with E-state index in [9.17, 15) is 8.42 Å². The zero-order valence-electron chi connectivity index (χ0n) is 9.71. The maximum Gasteiger partial charge on any atom is 0.235 e. The number of nitrogens with zero attached hydrogens (tertiary/aromatic N) is 1. The molecule has 0 aliphatic carbocycles. The van der Waals surface area contributed by atoms with Crippen molar-refractivity contribution >= 4 is 27.0 Å². The number of sulfonamides is 1. The minimum absolute atomic E-state index is 0.863. The largest absolute Gasteiger partial charge is 0.361 e. The standard InChI is InChI=1S/C12H14N2O2S/c1-14(2)17(15,16)8-6-10-3-4-12-11(9-10)5-7-13-12/h3-9,13H,1-2H3. The van der Waals surface area contributed by atoms with Gasteiger partial charge < -0.3 is 4.98 Å². The number of hydrogen-bond acceptors (Lipinski definition) is 2. The van der Waals surface area contributed by atoms with Gasteiger partial charge in [-0.3, -0.25) is 0 Å². The molecule has 1 heterocycles. The van der Waals surface area contributed by atoms with E-state index in [1.54, 1.807) is 6.08 Å². The minimum Gasteiger partial charge on any atom is -0.361 e. The van der Waals surface area contributed by atoms with Crippen LogP contribution < -0.4 is 0 Å². The van der Waals surface area contributed by atoms with Gasteiger partial charge in [-0.15, -0.1) is 0 Å². The van der Waals surface area contributed by atoms with Crippen molar-refractivity contribution in [3.05, 3.63) is 41.4 Å². The van der Waals surface area contributed by atoms with E-state index in [1.807, 2.05) is 30.5 Å². The van der Waals surface area contributed by atoms with Crippen LogP contribution in [0, 0.1) is 0 Å². The van der Waals surface area contributed by atoms with Crippen molar-refractivity contribution in [2.24, 2.45) is 0 Å². The third kappa shape index (κ3) is 2.57. The number of aromatic nitrogens is 1. The van der Waals surface area contributed by atoms with E-state index in [1.165, 1.54) is 23.8 Å². The third-order valence-corrected chi connectivity index (χ3v) is 4.02. The molecule has 2 aromatic rings. The average molecular weight is 250 g/mol. The van der Waals surface area contributed by atoms with Gasteiger partial charge in [-0.2, -0.15) is 0 Å². The van der Waals surface area contributed by atoms with Gasteiger partial charge in [0.2, 0.25) is 10.0 Å². The Morgan fingerprint density at radius 1 is 1.24 bits per heavy atom. The quantitative estimate of drug-likeness (QED) is 0.906.